The van der Waals surface area contributed by atoms with Gasteiger partial charge in [-0.05, 0) is 118 Å². The molecule has 0 spiro atoms. The van der Waals surface area contributed by atoms with Crippen molar-refractivity contribution in [2.45, 2.75) is 41.5 Å². The number of H-pyrrole nitrogens is 1. The molecule has 1 heterocycles. The van der Waals surface area contributed by atoms with Crippen molar-refractivity contribution in [3.8, 4) is 50.8 Å². The topological polar surface area (TPSA) is 192 Å². The number of nitrogens with one attached hydrogen (secondary N) is 1. The Morgan fingerprint density at radius 2 is 0.412 bits per heavy atom. The number of aromatic hydroxyl groups is 3. The van der Waals surface area contributed by atoms with Crippen LogP contribution in [0.5, 0.6) is 17.2 Å². The maximum Gasteiger partial charge on any atom is 0.272 e. The van der Waals surface area contributed by atoms with E-state index in [0.717, 1.165) is 66.6 Å². The summed E-state index contributed by atoms with van der Waals surface area (Å²) in [5.74, 6) is 0.752. The Bertz CT molecular complexity index is 4980. The SMILES string of the molecule is Cc1ccc(C(=O)c2ccc(-c3ccc(C(=O)c4ccc(C)cc4)cc3)cc2)cc1.Cc1ccc(C(=O)c2ccc(C(=O)c3ccc(C)cc3)cc2)cc1.Cc1ccc(C(=O)c2ccc(C)cc2)cc1.O=c1[nH]nc(-c2ccc(O)cc2)c2ccccc12.Oc1ccc(-c2ccc(O)cc2)cc1. The normalized spacial score (nSPS) is 10.4. The maximum atomic E-state index is 12.6. The zero-order valence-corrected chi connectivity index (χ0v) is 57.3. The van der Waals surface area contributed by atoms with Gasteiger partial charge in [-0.3, -0.25) is 28.8 Å². The molecular weight excluding hydrogens is 1270 g/mol. The molecule has 14 aromatic rings. The summed E-state index contributed by atoms with van der Waals surface area (Å²) in [5.41, 5.74) is 18.9. The van der Waals surface area contributed by atoms with E-state index in [1.807, 2.05) is 278 Å². The van der Waals surface area contributed by atoms with Gasteiger partial charge in [0, 0.05) is 66.6 Å². The fourth-order valence-corrected chi connectivity index (χ4v) is 10.7. The zero-order valence-electron chi connectivity index (χ0n) is 57.3. The van der Waals surface area contributed by atoms with Crippen LogP contribution in [-0.4, -0.2) is 54.4 Å². The predicted molar refractivity (Wildman–Crippen MR) is 407 cm³/mol. The van der Waals surface area contributed by atoms with Gasteiger partial charge in [-0.1, -0.05) is 294 Å². The first kappa shape index (κ1) is 71.5. The van der Waals surface area contributed by atoms with E-state index in [0.29, 0.717) is 55.6 Å². The number of ketones is 5. The second-order valence-electron chi connectivity index (χ2n) is 24.7. The van der Waals surface area contributed by atoms with Crippen molar-refractivity contribution in [2.24, 2.45) is 0 Å². The number of carbonyl (C=O) groups excluding carboxylic acids is 5. The number of phenolic OH excluding ortho intramolecular Hbond substituents is 3. The van der Waals surface area contributed by atoms with Gasteiger partial charge in [0.25, 0.3) is 5.56 Å². The van der Waals surface area contributed by atoms with E-state index in [1.165, 1.54) is 11.1 Å². The third kappa shape index (κ3) is 19.1. The van der Waals surface area contributed by atoms with Crippen LogP contribution in [0.15, 0.2) is 320 Å². The molecule has 0 radical (unpaired) electrons. The summed E-state index contributed by atoms with van der Waals surface area (Å²) in [4.78, 5) is 73.9. The first-order chi connectivity index (χ1) is 49.2. The highest BCUT2D eigenvalue weighted by Crippen LogP contribution is 2.28. The van der Waals surface area contributed by atoms with Crippen LogP contribution in [0.3, 0.4) is 0 Å². The van der Waals surface area contributed by atoms with Gasteiger partial charge < -0.3 is 15.3 Å². The molecule has 102 heavy (non-hydrogen) atoms. The monoisotopic (exact) mass is 1340 g/mol. The van der Waals surface area contributed by atoms with Crippen LogP contribution in [0.1, 0.15) is 113 Å². The van der Waals surface area contributed by atoms with Crippen molar-refractivity contribution in [1.29, 1.82) is 0 Å². The highest BCUT2D eigenvalue weighted by atomic mass is 16.3. The molecule has 0 amide bonds. The first-order valence-electron chi connectivity index (χ1n) is 33.0. The smallest absolute Gasteiger partial charge is 0.272 e. The number of aromatic nitrogens is 2. The van der Waals surface area contributed by atoms with E-state index >= 15 is 0 Å². The number of nitrogens with zero attached hydrogens (tertiary/aromatic N) is 1. The van der Waals surface area contributed by atoms with Crippen molar-refractivity contribution in [3.63, 3.8) is 0 Å². The molecule has 0 saturated heterocycles. The minimum Gasteiger partial charge on any atom is -0.508 e. The Hall–Kier alpha value is -13.3. The lowest BCUT2D eigenvalue weighted by Gasteiger charge is -2.07. The number of carbonyl (C=O) groups is 5. The molecular formula is C91H74N2O9. The van der Waals surface area contributed by atoms with E-state index in [1.54, 1.807) is 78.9 Å². The Balaban J connectivity index is 0.000000141. The molecule has 13 aromatic carbocycles. The molecule has 502 valence electrons. The molecule has 0 fully saturated rings. The number of hydrogen-bond acceptors (Lipinski definition) is 10. The van der Waals surface area contributed by atoms with Crippen LogP contribution in [0.4, 0.5) is 0 Å². The molecule has 0 aliphatic heterocycles. The molecule has 4 N–H and O–H groups in total. The van der Waals surface area contributed by atoms with E-state index in [-0.39, 0.29) is 51.7 Å². The molecule has 0 atom stereocenters. The van der Waals surface area contributed by atoms with Gasteiger partial charge >= 0.3 is 0 Å². The van der Waals surface area contributed by atoms with Gasteiger partial charge in [-0.15, -0.1) is 0 Å². The molecule has 0 aliphatic carbocycles. The van der Waals surface area contributed by atoms with Gasteiger partial charge in [-0.25, -0.2) is 5.10 Å². The Labute approximate surface area is 593 Å². The standard InChI is InChI=1S/C28H22O2.C22H18O2.C15H14O.C14H10N2O2.C12H10O2/c1-19-3-7-23(8-4-19)27(29)25-15-11-21(12-16-25)22-13-17-26(18-14-22)28(30)24-9-5-20(2)6-10-24;1-15-3-7-17(8-4-15)21(23)19-11-13-20(14-12-19)22(24)18-9-5-16(2)6-10-18;1-11-3-7-13(8-4-11)15(16)14-9-5-12(2)6-10-14;17-10-7-5-9(6-8-10)13-11-3-1-2-4-12(11)14(18)16-15-13;13-11-5-1-9(2-6-11)10-3-7-12(14)8-4-10/h3-18H,1-2H3;3-14H,1-2H3;3-10H,1-2H3;1-8,17H,(H,16,18);1-8,13-14H. The summed E-state index contributed by atoms with van der Waals surface area (Å²) in [6, 6.07) is 95.5. The zero-order chi connectivity index (χ0) is 72.2. The summed E-state index contributed by atoms with van der Waals surface area (Å²) in [6.45, 7) is 12.0. The average Bonchev–Trinajstić information content (AvgIpc) is 0.797. The van der Waals surface area contributed by atoms with Crippen molar-refractivity contribution in [1.82, 2.24) is 10.2 Å². The van der Waals surface area contributed by atoms with Gasteiger partial charge in [0.05, 0.1) is 11.1 Å². The number of rotatable bonds is 13. The van der Waals surface area contributed by atoms with Crippen LogP contribution in [-0.2, 0) is 0 Å². The largest absolute Gasteiger partial charge is 0.508 e. The second-order valence-corrected chi connectivity index (χ2v) is 24.7. The fraction of sp³-hybridized carbons (Fsp3) is 0.0659. The Morgan fingerprint density at radius 3 is 0.637 bits per heavy atom. The molecule has 0 bridgehead atoms. The van der Waals surface area contributed by atoms with Crippen molar-refractivity contribution in [2.75, 3.05) is 0 Å². The third-order valence-corrected chi connectivity index (χ3v) is 16.8. The number of hydrogen-bond donors (Lipinski definition) is 4. The molecule has 14 rings (SSSR count). The summed E-state index contributed by atoms with van der Waals surface area (Å²) in [6.07, 6.45) is 0. The van der Waals surface area contributed by atoms with Crippen LogP contribution in [0.25, 0.3) is 44.3 Å². The van der Waals surface area contributed by atoms with Crippen LogP contribution in [0.2, 0.25) is 0 Å². The maximum absolute atomic E-state index is 12.6. The second kappa shape index (κ2) is 33.8. The molecule has 1 aromatic heterocycles. The molecule has 0 saturated carbocycles. The average molecular weight is 1340 g/mol. The van der Waals surface area contributed by atoms with E-state index < -0.39 is 0 Å². The number of phenols is 3. The van der Waals surface area contributed by atoms with Crippen LogP contribution < -0.4 is 5.56 Å². The van der Waals surface area contributed by atoms with Gasteiger partial charge in [0.2, 0.25) is 0 Å². The fourth-order valence-electron chi connectivity index (χ4n) is 10.7. The Kier molecular flexibility index (Phi) is 23.7. The molecule has 0 unspecified atom stereocenters. The van der Waals surface area contributed by atoms with Gasteiger partial charge in [0.1, 0.15) is 17.2 Å². The molecule has 0 aliphatic rings. The van der Waals surface area contributed by atoms with Crippen LogP contribution in [0, 0.1) is 41.5 Å². The highest BCUT2D eigenvalue weighted by Gasteiger charge is 2.16. The molecule has 11 heteroatoms. The van der Waals surface area contributed by atoms with E-state index in [2.05, 4.69) is 10.2 Å². The summed E-state index contributed by atoms with van der Waals surface area (Å²) >= 11 is 0. The van der Waals surface area contributed by atoms with E-state index in [9.17, 15) is 33.9 Å². The highest BCUT2D eigenvalue weighted by molar-refractivity contribution is 6.13. The summed E-state index contributed by atoms with van der Waals surface area (Å²) in [7, 11) is 0. The number of aryl methyl sites for hydroxylation is 6. The predicted octanol–water partition coefficient (Wildman–Crippen LogP) is 19.8. The number of aromatic amines is 1. The van der Waals surface area contributed by atoms with E-state index in [4.69, 9.17) is 10.2 Å². The lowest BCUT2D eigenvalue weighted by atomic mass is 9.97. The Morgan fingerprint density at radius 1 is 0.235 bits per heavy atom. The van der Waals surface area contributed by atoms with Crippen molar-refractivity contribution >= 4 is 39.7 Å². The quantitative estimate of drug-likeness (QED) is 0.0808. The number of fused-ring (bicyclic) bond motifs is 1. The summed E-state index contributed by atoms with van der Waals surface area (Å²) in [5, 5.41) is 35.5. The van der Waals surface area contributed by atoms with Crippen molar-refractivity contribution < 1.29 is 39.3 Å². The van der Waals surface area contributed by atoms with Crippen LogP contribution >= 0.6 is 0 Å². The molecule has 11 nitrogen and oxygen atoms in total. The lowest BCUT2D eigenvalue weighted by molar-refractivity contribution is 0.102. The van der Waals surface area contributed by atoms with Gasteiger partial charge in [0.15, 0.2) is 28.9 Å². The lowest BCUT2D eigenvalue weighted by Crippen LogP contribution is -2.09. The first-order valence-corrected chi connectivity index (χ1v) is 33.0. The van der Waals surface area contributed by atoms with Crippen molar-refractivity contribution in [3.05, 3.63) is 415 Å². The third-order valence-electron chi connectivity index (χ3n) is 16.8. The minimum absolute atomic E-state index is 0.0144. The van der Waals surface area contributed by atoms with Gasteiger partial charge in [-0.2, -0.15) is 5.10 Å². The minimum atomic E-state index is -0.201. The summed E-state index contributed by atoms with van der Waals surface area (Å²) < 4.78 is 0. The number of benzene rings is 13.